The Bertz CT molecular complexity index is 1110. The van der Waals surface area contributed by atoms with Gasteiger partial charge in [0, 0.05) is 56.6 Å². The predicted octanol–water partition coefficient (Wildman–Crippen LogP) is 5.19. The highest BCUT2D eigenvalue weighted by atomic mass is 79.9. The molecule has 0 N–H and O–H groups in total. The summed E-state index contributed by atoms with van der Waals surface area (Å²) < 4.78 is 56.6. The third-order valence-corrected chi connectivity index (χ3v) is 7.63. The summed E-state index contributed by atoms with van der Waals surface area (Å²) in [4.78, 5) is 22.6. The third kappa shape index (κ3) is 6.82. The van der Waals surface area contributed by atoms with Crippen LogP contribution in [0.5, 0.6) is 11.5 Å². The molecule has 8 nitrogen and oxygen atoms in total. The van der Waals surface area contributed by atoms with Gasteiger partial charge >= 0.3 is 12.3 Å². The molecule has 2 saturated heterocycles. The Labute approximate surface area is 228 Å². The number of aromatic nitrogens is 1. The number of hydrogen-bond acceptors (Lipinski definition) is 7. The molecule has 0 saturated carbocycles. The number of likely N-dealkylation sites (tertiary alicyclic amines) is 1. The zero-order valence-corrected chi connectivity index (χ0v) is 23.1. The third-order valence-electron chi connectivity index (χ3n) is 7.01. The highest BCUT2D eigenvalue weighted by Gasteiger charge is 2.32. The molecule has 1 atom stereocenters. The van der Waals surface area contributed by atoms with E-state index in [-0.39, 0.29) is 18.5 Å². The van der Waals surface area contributed by atoms with Gasteiger partial charge < -0.3 is 24.0 Å². The molecule has 0 spiro atoms. The van der Waals surface area contributed by atoms with Crippen LogP contribution in [0.1, 0.15) is 30.4 Å². The number of benzene rings is 1. The molecule has 2 fully saturated rings. The number of piperazine rings is 1. The summed E-state index contributed by atoms with van der Waals surface area (Å²) in [5, 5.41) is 0. The quantitative estimate of drug-likeness (QED) is 0.433. The number of pyridine rings is 1. The number of carbonyl (C=O) groups excluding carboxylic acids is 1. The molecule has 1 aromatic heterocycles. The van der Waals surface area contributed by atoms with E-state index in [1.165, 1.54) is 0 Å². The van der Waals surface area contributed by atoms with Crippen molar-refractivity contribution in [1.29, 1.82) is 0 Å². The van der Waals surface area contributed by atoms with Crippen LogP contribution in [0.15, 0.2) is 34.9 Å². The average molecular weight is 601 g/mol. The maximum Gasteiger partial charge on any atom is 0.416 e. The summed E-state index contributed by atoms with van der Waals surface area (Å²) in [5.41, 5.74) is 0.277. The second kappa shape index (κ2) is 12.4. The Morgan fingerprint density at radius 2 is 1.79 bits per heavy atom. The lowest BCUT2D eigenvalue weighted by Gasteiger charge is -2.37. The summed E-state index contributed by atoms with van der Waals surface area (Å²) in [6.45, 7) is 3.27. The average Bonchev–Trinajstić information content (AvgIpc) is 2.92. The molecule has 2 aliphatic rings. The minimum atomic E-state index is -4.43. The van der Waals surface area contributed by atoms with Gasteiger partial charge in [0.1, 0.15) is 23.9 Å². The molecule has 2 aliphatic heterocycles. The number of halogens is 4. The van der Waals surface area contributed by atoms with Gasteiger partial charge in [0.2, 0.25) is 0 Å². The lowest BCUT2D eigenvalue weighted by Crippen LogP contribution is -2.50. The van der Waals surface area contributed by atoms with Gasteiger partial charge in [-0.05, 0) is 53.5 Å². The van der Waals surface area contributed by atoms with Crippen LogP contribution in [-0.2, 0) is 17.5 Å². The number of piperidine rings is 1. The molecule has 0 aliphatic carbocycles. The molecule has 38 heavy (non-hydrogen) atoms. The Balaban J connectivity index is 1.31. The molecule has 1 amide bonds. The van der Waals surface area contributed by atoms with Crippen LogP contribution in [-0.4, -0.2) is 80.5 Å². The highest BCUT2D eigenvalue weighted by molar-refractivity contribution is 9.10. The van der Waals surface area contributed by atoms with Gasteiger partial charge in [-0.1, -0.05) is 6.42 Å². The van der Waals surface area contributed by atoms with Gasteiger partial charge in [-0.25, -0.2) is 9.78 Å². The Morgan fingerprint density at radius 1 is 1.05 bits per heavy atom. The van der Waals surface area contributed by atoms with Crippen LogP contribution in [0.3, 0.4) is 0 Å². The van der Waals surface area contributed by atoms with Crippen molar-refractivity contribution in [2.24, 2.45) is 0 Å². The lowest BCUT2D eigenvalue weighted by molar-refractivity contribution is -0.137. The number of carbonyl (C=O) groups is 1. The summed E-state index contributed by atoms with van der Waals surface area (Å²) in [6, 6.07) is 5.92. The molecule has 0 bridgehead atoms. The Morgan fingerprint density at radius 3 is 2.47 bits per heavy atom. The van der Waals surface area contributed by atoms with Crippen LogP contribution >= 0.6 is 15.9 Å². The van der Waals surface area contributed by atoms with Crippen molar-refractivity contribution in [2.45, 2.75) is 38.0 Å². The molecule has 208 valence electrons. The van der Waals surface area contributed by atoms with E-state index >= 15 is 0 Å². The molecule has 2 aromatic rings. The number of alkyl halides is 3. The first kappa shape index (κ1) is 28.3. The van der Waals surface area contributed by atoms with Gasteiger partial charge in [0.15, 0.2) is 0 Å². The van der Waals surface area contributed by atoms with Crippen molar-refractivity contribution in [1.82, 2.24) is 14.8 Å². The minimum Gasteiger partial charge on any atom is -0.496 e. The second-order valence-electron chi connectivity index (χ2n) is 9.37. The number of amides is 1. The van der Waals surface area contributed by atoms with Crippen molar-refractivity contribution in [2.75, 3.05) is 58.5 Å². The zero-order valence-electron chi connectivity index (χ0n) is 21.5. The maximum absolute atomic E-state index is 13.0. The standard InChI is InChI=1S/C26H32BrF3N4O4/c1-36-22-15-23(37-2)21(27)13-18(22)16-34-8-4-3-5-20(34)17-38-25(35)33-11-9-32(10-12-33)24-14-19(6-7-31-24)26(28,29)30/h6-7,13-15,20H,3-5,8-12,16-17H2,1-2H3. The molecule has 4 rings (SSSR count). The maximum atomic E-state index is 13.0. The number of rotatable bonds is 7. The number of anilines is 1. The molecule has 0 radical (unpaired) electrons. The monoisotopic (exact) mass is 600 g/mol. The first-order valence-electron chi connectivity index (χ1n) is 12.5. The minimum absolute atomic E-state index is 0.0777. The number of ether oxygens (including phenoxy) is 3. The van der Waals surface area contributed by atoms with Gasteiger partial charge in [0.25, 0.3) is 0 Å². The molecule has 12 heteroatoms. The SMILES string of the molecule is COc1cc(OC)c(CN2CCCCC2COC(=O)N2CCN(c3cc(C(F)(F)F)ccn3)CC2)cc1Br. The second-order valence-corrected chi connectivity index (χ2v) is 10.2. The summed E-state index contributed by atoms with van der Waals surface area (Å²) in [7, 11) is 3.24. The van der Waals surface area contributed by atoms with Gasteiger partial charge in [-0.3, -0.25) is 4.90 Å². The van der Waals surface area contributed by atoms with Crippen LogP contribution in [0.4, 0.5) is 23.8 Å². The zero-order chi connectivity index (χ0) is 27.3. The largest absolute Gasteiger partial charge is 0.496 e. The van der Waals surface area contributed by atoms with Gasteiger partial charge in [-0.2, -0.15) is 13.2 Å². The van der Waals surface area contributed by atoms with Crippen molar-refractivity contribution >= 4 is 27.8 Å². The predicted molar refractivity (Wildman–Crippen MR) is 140 cm³/mol. The van der Waals surface area contributed by atoms with E-state index < -0.39 is 17.8 Å². The van der Waals surface area contributed by atoms with Crippen molar-refractivity contribution in [3.8, 4) is 11.5 Å². The van der Waals surface area contributed by atoms with Gasteiger partial charge in [-0.15, -0.1) is 0 Å². The summed E-state index contributed by atoms with van der Waals surface area (Å²) in [6.07, 6.45) is -0.625. The van der Waals surface area contributed by atoms with Crippen molar-refractivity contribution < 1.29 is 32.2 Å². The molecule has 3 heterocycles. The molecular formula is C26H32BrF3N4O4. The van der Waals surface area contributed by atoms with E-state index in [9.17, 15) is 18.0 Å². The number of nitrogens with zero attached hydrogens (tertiary/aromatic N) is 4. The molecule has 1 unspecified atom stereocenters. The van der Waals surface area contributed by atoms with E-state index in [2.05, 4.69) is 25.8 Å². The van der Waals surface area contributed by atoms with Crippen LogP contribution in [0.25, 0.3) is 0 Å². The fraction of sp³-hybridized carbons (Fsp3) is 0.538. The van der Waals surface area contributed by atoms with Crippen LogP contribution in [0.2, 0.25) is 0 Å². The van der Waals surface area contributed by atoms with E-state index in [0.717, 1.165) is 59.9 Å². The van der Waals surface area contributed by atoms with Gasteiger partial charge in [0.05, 0.1) is 24.3 Å². The van der Waals surface area contributed by atoms with Crippen molar-refractivity contribution in [3.63, 3.8) is 0 Å². The topological polar surface area (TPSA) is 67.4 Å². The van der Waals surface area contributed by atoms with E-state index in [1.54, 1.807) is 24.0 Å². The van der Waals surface area contributed by atoms with Crippen LogP contribution < -0.4 is 14.4 Å². The van der Waals surface area contributed by atoms with E-state index in [4.69, 9.17) is 14.2 Å². The Kier molecular flexibility index (Phi) is 9.24. The fourth-order valence-corrected chi connectivity index (χ4v) is 5.42. The normalized spacial score (nSPS) is 18.8. The Hall–Kier alpha value is -2.73. The summed E-state index contributed by atoms with van der Waals surface area (Å²) >= 11 is 3.54. The first-order chi connectivity index (χ1) is 18.2. The smallest absolute Gasteiger partial charge is 0.416 e. The van der Waals surface area contributed by atoms with E-state index in [0.29, 0.717) is 38.5 Å². The fourth-order valence-electron chi connectivity index (χ4n) is 4.87. The highest BCUT2D eigenvalue weighted by Crippen LogP contribution is 2.35. The number of hydrogen-bond donors (Lipinski definition) is 0. The van der Waals surface area contributed by atoms with E-state index in [1.807, 2.05) is 12.1 Å². The molecular weight excluding hydrogens is 569 g/mol. The number of methoxy groups -OCH3 is 2. The first-order valence-corrected chi connectivity index (χ1v) is 13.3. The molecule has 1 aromatic carbocycles. The van der Waals surface area contributed by atoms with Crippen molar-refractivity contribution in [3.05, 3.63) is 46.1 Å². The lowest BCUT2D eigenvalue weighted by atomic mass is 10.0. The summed E-state index contributed by atoms with van der Waals surface area (Å²) in [5.74, 6) is 1.68. The van der Waals surface area contributed by atoms with Crippen LogP contribution in [0, 0.1) is 0 Å².